The molecule has 0 aliphatic rings. The summed E-state index contributed by atoms with van der Waals surface area (Å²) < 4.78 is 26.6. The van der Waals surface area contributed by atoms with Crippen molar-refractivity contribution < 1.29 is 33.0 Å². The molecule has 29 heavy (non-hydrogen) atoms. The zero-order valence-corrected chi connectivity index (χ0v) is 16.0. The molecule has 0 saturated carbocycles. The van der Waals surface area contributed by atoms with Gasteiger partial charge in [-0.3, -0.25) is 14.4 Å². The number of methoxy groups -OCH3 is 1. The third-order valence-corrected chi connectivity index (χ3v) is 3.78. The molecule has 1 aromatic heterocycles. The van der Waals surface area contributed by atoms with Gasteiger partial charge in [0.05, 0.1) is 0 Å². The van der Waals surface area contributed by atoms with E-state index >= 15 is 0 Å². The fraction of sp³-hybridized carbons (Fsp3) is 0.190. The van der Waals surface area contributed by atoms with E-state index < -0.39 is 17.4 Å². The number of carbonyl (C=O) groups is 2. The van der Waals surface area contributed by atoms with E-state index in [1.165, 1.54) is 26.2 Å². The smallest absolute Gasteiger partial charge is 0.308 e. The van der Waals surface area contributed by atoms with Crippen LogP contribution in [0.4, 0.5) is 0 Å². The van der Waals surface area contributed by atoms with Crippen LogP contribution in [0, 0.1) is 0 Å². The molecule has 0 unspecified atom stereocenters. The van der Waals surface area contributed by atoms with Crippen LogP contribution in [0.1, 0.15) is 13.8 Å². The van der Waals surface area contributed by atoms with Gasteiger partial charge in [-0.1, -0.05) is 30.3 Å². The van der Waals surface area contributed by atoms with E-state index in [0.717, 1.165) is 6.92 Å². The average molecular weight is 398 g/mol. The predicted octanol–water partition coefficient (Wildman–Crippen LogP) is 3.29. The minimum absolute atomic E-state index is 0.0131. The first kappa shape index (κ1) is 20.1. The Labute approximate surface area is 165 Å². The van der Waals surface area contributed by atoms with Crippen LogP contribution in [0.5, 0.6) is 17.2 Å². The molecule has 0 radical (unpaired) electrons. The average Bonchev–Trinajstić information content (AvgIpc) is 2.68. The van der Waals surface area contributed by atoms with Gasteiger partial charge in [-0.05, 0) is 0 Å². The molecule has 8 heteroatoms. The SMILES string of the molecule is COCOc1cc2oc(-c3ccccc3)cc(=O)c2c(OC(C)=O)c1OC(C)=O. The predicted molar refractivity (Wildman–Crippen MR) is 103 cm³/mol. The molecule has 0 N–H and O–H groups in total. The summed E-state index contributed by atoms with van der Waals surface area (Å²) in [6, 6.07) is 11.7. The number of fused-ring (bicyclic) bond motifs is 1. The Morgan fingerprint density at radius 3 is 2.24 bits per heavy atom. The number of hydrogen-bond donors (Lipinski definition) is 0. The summed E-state index contributed by atoms with van der Waals surface area (Å²) in [5, 5.41) is -0.0547. The van der Waals surface area contributed by atoms with Gasteiger partial charge in [0.2, 0.25) is 5.75 Å². The molecule has 0 atom stereocenters. The largest absolute Gasteiger partial charge is 0.463 e. The number of ether oxygens (including phenoxy) is 4. The number of benzene rings is 2. The summed E-state index contributed by atoms with van der Waals surface area (Å²) in [5.41, 5.74) is 0.298. The maximum Gasteiger partial charge on any atom is 0.308 e. The highest BCUT2D eigenvalue weighted by Crippen LogP contribution is 2.43. The first-order valence-corrected chi connectivity index (χ1v) is 8.59. The van der Waals surface area contributed by atoms with Crippen molar-refractivity contribution in [2.75, 3.05) is 13.9 Å². The maximum absolute atomic E-state index is 12.9. The molecule has 150 valence electrons. The normalized spacial score (nSPS) is 10.6. The van der Waals surface area contributed by atoms with Crippen molar-refractivity contribution in [2.45, 2.75) is 13.8 Å². The van der Waals surface area contributed by atoms with Crippen molar-refractivity contribution in [3.05, 3.63) is 52.7 Å². The molecule has 0 saturated heterocycles. The van der Waals surface area contributed by atoms with Crippen molar-refractivity contribution in [1.82, 2.24) is 0 Å². The van der Waals surface area contributed by atoms with Gasteiger partial charge in [0.1, 0.15) is 16.7 Å². The Bertz CT molecular complexity index is 1110. The summed E-state index contributed by atoms with van der Waals surface area (Å²) in [6.07, 6.45) is 0. The monoisotopic (exact) mass is 398 g/mol. The van der Waals surface area contributed by atoms with E-state index in [1.54, 1.807) is 24.3 Å². The molecule has 2 aromatic carbocycles. The highest BCUT2D eigenvalue weighted by atomic mass is 16.7. The van der Waals surface area contributed by atoms with Crippen LogP contribution < -0.4 is 19.6 Å². The van der Waals surface area contributed by atoms with Crippen LogP contribution in [0.15, 0.2) is 51.7 Å². The summed E-state index contributed by atoms with van der Waals surface area (Å²) in [7, 11) is 1.41. The molecule has 0 bridgehead atoms. The molecule has 0 aliphatic carbocycles. The van der Waals surface area contributed by atoms with Crippen molar-refractivity contribution in [1.29, 1.82) is 0 Å². The molecular weight excluding hydrogens is 380 g/mol. The lowest BCUT2D eigenvalue weighted by atomic mass is 10.1. The van der Waals surface area contributed by atoms with E-state index in [-0.39, 0.29) is 35.0 Å². The van der Waals surface area contributed by atoms with Gasteiger partial charge in [-0.25, -0.2) is 0 Å². The maximum atomic E-state index is 12.9. The fourth-order valence-electron chi connectivity index (χ4n) is 2.70. The van der Waals surface area contributed by atoms with Gasteiger partial charge in [0.25, 0.3) is 0 Å². The Balaban J connectivity index is 2.33. The van der Waals surface area contributed by atoms with E-state index in [9.17, 15) is 14.4 Å². The number of hydrogen-bond acceptors (Lipinski definition) is 8. The molecule has 8 nitrogen and oxygen atoms in total. The van der Waals surface area contributed by atoms with Crippen molar-refractivity contribution >= 4 is 22.9 Å². The summed E-state index contributed by atoms with van der Waals surface area (Å²) in [5.74, 6) is -1.55. The van der Waals surface area contributed by atoms with Crippen LogP contribution >= 0.6 is 0 Å². The number of carbonyl (C=O) groups excluding carboxylic acids is 2. The van der Waals surface area contributed by atoms with Crippen LogP contribution in [0.2, 0.25) is 0 Å². The highest BCUT2D eigenvalue weighted by Gasteiger charge is 2.25. The molecule has 0 amide bonds. The molecule has 0 spiro atoms. The van der Waals surface area contributed by atoms with Gasteiger partial charge < -0.3 is 23.4 Å². The molecular formula is C21H18O8. The van der Waals surface area contributed by atoms with Gasteiger partial charge >= 0.3 is 11.9 Å². The Hall–Kier alpha value is -3.65. The zero-order chi connectivity index (χ0) is 21.0. The van der Waals surface area contributed by atoms with Crippen LogP contribution in [0.3, 0.4) is 0 Å². The van der Waals surface area contributed by atoms with Crippen LogP contribution in [0.25, 0.3) is 22.3 Å². The molecule has 0 fully saturated rings. The quantitative estimate of drug-likeness (QED) is 0.354. The Morgan fingerprint density at radius 2 is 1.62 bits per heavy atom. The molecule has 0 aliphatic heterocycles. The molecule has 3 rings (SSSR count). The Morgan fingerprint density at radius 1 is 0.966 bits per heavy atom. The topological polar surface area (TPSA) is 101 Å². The second kappa shape index (κ2) is 8.57. The van der Waals surface area contributed by atoms with Crippen molar-refractivity contribution in [3.63, 3.8) is 0 Å². The number of rotatable bonds is 6. The summed E-state index contributed by atoms with van der Waals surface area (Å²) in [6.45, 7) is 2.15. The van der Waals surface area contributed by atoms with E-state index in [1.807, 2.05) is 6.07 Å². The lowest BCUT2D eigenvalue weighted by Crippen LogP contribution is -2.13. The minimum atomic E-state index is -0.713. The zero-order valence-electron chi connectivity index (χ0n) is 16.0. The highest BCUT2D eigenvalue weighted by molar-refractivity contribution is 5.93. The van der Waals surface area contributed by atoms with E-state index in [2.05, 4.69) is 0 Å². The van der Waals surface area contributed by atoms with E-state index in [4.69, 9.17) is 23.4 Å². The van der Waals surface area contributed by atoms with Crippen LogP contribution in [-0.2, 0) is 14.3 Å². The lowest BCUT2D eigenvalue weighted by molar-refractivity contribution is -0.134. The molecule has 1 heterocycles. The second-order valence-corrected chi connectivity index (χ2v) is 5.99. The first-order chi connectivity index (χ1) is 13.9. The van der Waals surface area contributed by atoms with Crippen molar-refractivity contribution in [3.8, 4) is 28.6 Å². The third kappa shape index (κ3) is 4.44. The van der Waals surface area contributed by atoms with E-state index in [0.29, 0.717) is 11.3 Å². The fourth-order valence-corrected chi connectivity index (χ4v) is 2.70. The summed E-state index contributed by atoms with van der Waals surface area (Å²) in [4.78, 5) is 36.1. The first-order valence-electron chi connectivity index (χ1n) is 8.59. The number of esters is 2. The third-order valence-electron chi connectivity index (χ3n) is 3.78. The van der Waals surface area contributed by atoms with Gasteiger partial charge in [0, 0.05) is 38.7 Å². The lowest BCUT2D eigenvalue weighted by Gasteiger charge is -2.16. The van der Waals surface area contributed by atoms with Gasteiger partial charge in [0.15, 0.2) is 23.7 Å². The Kier molecular flexibility index (Phi) is 5.94. The standard InChI is InChI=1S/C21H18O8/c1-12(22)27-20-18(26-11-25-3)10-17-19(21(20)28-13(2)23)15(24)9-16(29-17)14-7-5-4-6-8-14/h4-10H,11H2,1-3H3. The van der Waals surface area contributed by atoms with Crippen LogP contribution in [-0.4, -0.2) is 25.8 Å². The van der Waals surface area contributed by atoms with Gasteiger partial charge in [-0.2, -0.15) is 0 Å². The second-order valence-electron chi connectivity index (χ2n) is 5.99. The van der Waals surface area contributed by atoms with Crippen molar-refractivity contribution in [2.24, 2.45) is 0 Å². The molecule has 3 aromatic rings. The van der Waals surface area contributed by atoms with Gasteiger partial charge in [-0.15, -0.1) is 0 Å². The minimum Gasteiger partial charge on any atom is -0.463 e. The summed E-state index contributed by atoms with van der Waals surface area (Å²) >= 11 is 0.